The first kappa shape index (κ1) is 6.63. The predicted octanol–water partition coefficient (Wildman–Crippen LogP) is -0.0584. The molecule has 0 N–H and O–H groups in total. The molecule has 0 saturated carbocycles. The van der Waals surface area contributed by atoms with Crippen molar-refractivity contribution in [3.05, 3.63) is 5.51 Å². The van der Waals surface area contributed by atoms with Crippen LogP contribution < -0.4 is 0 Å². The van der Waals surface area contributed by atoms with Crippen LogP contribution in [0, 0.1) is 0 Å². The molecule has 0 fully saturated rings. The fourth-order valence-corrected chi connectivity index (χ4v) is 1.64. The molecule has 6 heteroatoms. The minimum Gasteiger partial charge on any atom is -0.221 e. The summed E-state index contributed by atoms with van der Waals surface area (Å²) in [6, 6.07) is 0. The van der Waals surface area contributed by atoms with Crippen molar-refractivity contribution in [1.82, 2.24) is 9.36 Å². The summed E-state index contributed by atoms with van der Waals surface area (Å²) in [4.78, 5) is 3.51. The van der Waals surface area contributed by atoms with E-state index in [1.54, 1.807) is 0 Å². The highest BCUT2D eigenvalue weighted by atomic mass is 32.2. The molecule has 1 aromatic heterocycles. The number of rotatable bonds is 1. The largest absolute Gasteiger partial charge is 0.258 e. The third kappa shape index (κ3) is 1.46. The van der Waals surface area contributed by atoms with Gasteiger partial charge in [-0.15, -0.1) is 0 Å². The van der Waals surface area contributed by atoms with Gasteiger partial charge in [0.1, 0.15) is 5.51 Å². The van der Waals surface area contributed by atoms with Crippen molar-refractivity contribution in [1.29, 1.82) is 0 Å². The van der Waals surface area contributed by atoms with E-state index in [9.17, 15) is 8.42 Å². The van der Waals surface area contributed by atoms with E-state index in [-0.39, 0.29) is 5.16 Å². The maximum atomic E-state index is 10.6. The highest BCUT2D eigenvalue weighted by Crippen LogP contribution is 2.00. The monoisotopic (exact) mass is 164 g/mol. The van der Waals surface area contributed by atoms with Gasteiger partial charge >= 0.3 is 0 Å². The highest BCUT2D eigenvalue weighted by molar-refractivity contribution is 7.90. The molecule has 0 amide bonds. The number of hydrogen-bond acceptors (Lipinski definition) is 5. The Morgan fingerprint density at radius 2 is 2.33 bits per heavy atom. The summed E-state index contributed by atoms with van der Waals surface area (Å²) in [6.45, 7) is 0. The molecule has 0 aromatic carbocycles. The maximum absolute atomic E-state index is 10.6. The molecule has 1 heterocycles. The molecule has 0 aliphatic carbocycles. The van der Waals surface area contributed by atoms with Crippen molar-refractivity contribution >= 4 is 21.4 Å². The average Bonchev–Trinajstić information content (AvgIpc) is 2.08. The zero-order valence-corrected chi connectivity index (χ0v) is 6.24. The topological polar surface area (TPSA) is 59.9 Å². The van der Waals surface area contributed by atoms with Crippen LogP contribution in [0.2, 0.25) is 0 Å². The first-order chi connectivity index (χ1) is 4.11. The summed E-state index contributed by atoms with van der Waals surface area (Å²) in [6.07, 6.45) is 1.08. The van der Waals surface area contributed by atoms with Gasteiger partial charge in [-0.05, 0) is 11.5 Å². The van der Waals surface area contributed by atoms with E-state index in [1.165, 1.54) is 5.51 Å². The van der Waals surface area contributed by atoms with Crippen LogP contribution in [0.1, 0.15) is 0 Å². The van der Waals surface area contributed by atoms with Gasteiger partial charge < -0.3 is 0 Å². The van der Waals surface area contributed by atoms with Gasteiger partial charge in [-0.25, -0.2) is 13.4 Å². The second kappa shape index (κ2) is 2.03. The molecular weight excluding hydrogens is 160 g/mol. The maximum Gasteiger partial charge on any atom is 0.258 e. The number of hydrogen-bond donors (Lipinski definition) is 0. The quantitative estimate of drug-likeness (QED) is 0.583. The summed E-state index contributed by atoms with van der Waals surface area (Å²) >= 11 is 1.03. The SMILES string of the molecule is CS(=O)(=O)c1ncsn1. The zero-order valence-electron chi connectivity index (χ0n) is 4.60. The fraction of sp³-hybridized carbons (Fsp3) is 0.333. The third-order valence-corrected chi connectivity index (χ3v) is 2.13. The van der Waals surface area contributed by atoms with E-state index in [0.29, 0.717) is 0 Å². The lowest BCUT2D eigenvalue weighted by molar-refractivity contribution is 0.595. The van der Waals surface area contributed by atoms with Crippen molar-refractivity contribution in [2.45, 2.75) is 5.16 Å². The standard InChI is InChI=1S/C3H4N2O2S2/c1-9(6,7)3-4-2-8-5-3/h2H,1H3. The van der Waals surface area contributed by atoms with Gasteiger partial charge in [0.05, 0.1) is 0 Å². The van der Waals surface area contributed by atoms with Crippen molar-refractivity contribution in [2.75, 3.05) is 6.26 Å². The molecule has 0 bridgehead atoms. The molecule has 0 atom stereocenters. The van der Waals surface area contributed by atoms with Crippen molar-refractivity contribution in [3.63, 3.8) is 0 Å². The Bertz CT molecular complexity index is 275. The number of aromatic nitrogens is 2. The molecule has 0 radical (unpaired) electrons. The van der Waals surface area contributed by atoms with Gasteiger partial charge in [0.15, 0.2) is 0 Å². The van der Waals surface area contributed by atoms with Gasteiger partial charge in [-0.3, -0.25) is 0 Å². The first-order valence-electron chi connectivity index (χ1n) is 2.07. The first-order valence-corrected chi connectivity index (χ1v) is 4.80. The molecule has 4 nitrogen and oxygen atoms in total. The molecule has 1 aromatic rings. The summed E-state index contributed by atoms with van der Waals surface area (Å²) in [5.74, 6) is 0. The van der Waals surface area contributed by atoms with Gasteiger partial charge in [-0.2, -0.15) is 4.37 Å². The lowest BCUT2D eigenvalue weighted by Gasteiger charge is -1.83. The van der Waals surface area contributed by atoms with E-state index in [2.05, 4.69) is 9.36 Å². The second-order valence-corrected chi connectivity index (χ2v) is 4.00. The minimum atomic E-state index is -3.17. The van der Waals surface area contributed by atoms with E-state index in [4.69, 9.17) is 0 Å². The summed E-state index contributed by atoms with van der Waals surface area (Å²) in [5, 5.41) is -0.0903. The van der Waals surface area contributed by atoms with E-state index < -0.39 is 9.84 Å². The van der Waals surface area contributed by atoms with Crippen LogP contribution in [0.4, 0.5) is 0 Å². The van der Waals surface area contributed by atoms with Crippen LogP contribution in [0.3, 0.4) is 0 Å². The van der Waals surface area contributed by atoms with Crippen LogP contribution in [0.15, 0.2) is 10.7 Å². The van der Waals surface area contributed by atoms with Gasteiger partial charge in [0.2, 0.25) is 9.84 Å². The lowest BCUT2D eigenvalue weighted by atomic mass is 11.3. The number of nitrogens with zero attached hydrogens (tertiary/aromatic N) is 2. The Labute approximate surface area is 56.6 Å². The lowest BCUT2D eigenvalue weighted by Crippen LogP contribution is -1.98. The number of sulfone groups is 1. The molecule has 0 unspecified atom stereocenters. The molecular formula is C3H4N2O2S2. The summed E-state index contributed by atoms with van der Waals surface area (Å²) in [7, 11) is -3.17. The Morgan fingerprint density at radius 3 is 2.56 bits per heavy atom. The van der Waals surface area contributed by atoms with Crippen LogP contribution in [0.25, 0.3) is 0 Å². The van der Waals surface area contributed by atoms with Crippen molar-refractivity contribution < 1.29 is 8.42 Å². The van der Waals surface area contributed by atoms with E-state index in [0.717, 1.165) is 17.8 Å². The van der Waals surface area contributed by atoms with Crippen LogP contribution in [-0.2, 0) is 9.84 Å². The Kier molecular flexibility index (Phi) is 1.50. The zero-order chi connectivity index (χ0) is 6.91. The Morgan fingerprint density at radius 1 is 1.67 bits per heavy atom. The molecule has 9 heavy (non-hydrogen) atoms. The molecule has 0 spiro atoms. The average molecular weight is 164 g/mol. The Hall–Kier alpha value is -0.490. The predicted molar refractivity (Wildman–Crippen MR) is 33.0 cm³/mol. The molecule has 50 valence electrons. The Balaban J connectivity index is 3.20. The summed E-state index contributed by atoms with van der Waals surface area (Å²) in [5.41, 5.74) is 1.39. The van der Waals surface area contributed by atoms with Gasteiger partial charge in [0, 0.05) is 6.26 Å². The smallest absolute Gasteiger partial charge is 0.221 e. The normalized spacial score (nSPS) is 11.7. The fourth-order valence-electron chi connectivity index (χ4n) is 0.324. The molecule has 0 aliphatic heterocycles. The van der Waals surface area contributed by atoms with Crippen LogP contribution in [-0.4, -0.2) is 24.0 Å². The van der Waals surface area contributed by atoms with Crippen molar-refractivity contribution in [2.24, 2.45) is 0 Å². The van der Waals surface area contributed by atoms with E-state index in [1.807, 2.05) is 0 Å². The van der Waals surface area contributed by atoms with Crippen LogP contribution in [0.5, 0.6) is 0 Å². The van der Waals surface area contributed by atoms with Gasteiger partial charge in [0.25, 0.3) is 5.16 Å². The summed E-state index contributed by atoms with van der Waals surface area (Å²) < 4.78 is 24.7. The van der Waals surface area contributed by atoms with Crippen LogP contribution >= 0.6 is 11.5 Å². The third-order valence-electron chi connectivity index (χ3n) is 0.673. The molecule has 1 rings (SSSR count). The molecule has 0 aliphatic rings. The van der Waals surface area contributed by atoms with E-state index >= 15 is 0 Å². The van der Waals surface area contributed by atoms with Gasteiger partial charge in [-0.1, -0.05) is 0 Å². The minimum absolute atomic E-state index is 0.0903. The second-order valence-electron chi connectivity index (χ2n) is 1.49. The highest BCUT2D eigenvalue weighted by Gasteiger charge is 2.09. The van der Waals surface area contributed by atoms with Crippen molar-refractivity contribution in [3.8, 4) is 0 Å². The molecule has 0 saturated heterocycles.